The first-order valence-corrected chi connectivity index (χ1v) is 6.02. The third kappa shape index (κ3) is 2.95. The van der Waals surface area contributed by atoms with Gasteiger partial charge in [-0.05, 0) is 25.3 Å². The summed E-state index contributed by atoms with van der Waals surface area (Å²) >= 11 is 0. The SMILES string of the molecule is CC(N)C(N1CCC(C(N)=O)C1)C(C)(C)C. The van der Waals surface area contributed by atoms with E-state index in [1.807, 2.05) is 6.92 Å². The predicted molar refractivity (Wildman–Crippen MR) is 65.8 cm³/mol. The highest BCUT2D eigenvalue weighted by Gasteiger charge is 2.38. The lowest BCUT2D eigenvalue weighted by molar-refractivity contribution is -0.121. The molecule has 0 aromatic heterocycles. The maximum atomic E-state index is 11.2. The Bertz CT molecular complexity index is 257. The highest BCUT2D eigenvalue weighted by molar-refractivity contribution is 5.77. The molecule has 1 saturated heterocycles. The van der Waals surface area contributed by atoms with E-state index in [1.165, 1.54) is 0 Å². The fraction of sp³-hybridized carbons (Fsp3) is 0.917. The molecule has 0 spiro atoms. The maximum Gasteiger partial charge on any atom is 0.221 e. The number of carbonyl (C=O) groups excluding carboxylic acids is 1. The average Bonchev–Trinajstić information content (AvgIpc) is 2.49. The third-order valence-corrected chi connectivity index (χ3v) is 3.40. The molecular formula is C12H25N3O. The second-order valence-corrected chi connectivity index (χ2v) is 6.05. The van der Waals surface area contributed by atoms with Gasteiger partial charge in [0.2, 0.25) is 5.91 Å². The summed E-state index contributed by atoms with van der Waals surface area (Å²) in [7, 11) is 0. The van der Waals surface area contributed by atoms with Crippen molar-refractivity contribution in [2.24, 2.45) is 22.8 Å². The van der Waals surface area contributed by atoms with Crippen molar-refractivity contribution in [2.45, 2.75) is 46.2 Å². The van der Waals surface area contributed by atoms with Crippen LogP contribution in [0, 0.1) is 11.3 Å². The van der Waals surface area contributed by atoms with E-state index in [4.69, 9.17) is 11.5 Å². The van der Waals surface area contributed by atoms with Gasteiger partial charge in [0.15, 0.2) is 0 Å². The molecule has 4 N–H and O–H groups in total. The lowest BCUT2D eigenvalue weighted by atomic mass is 9.82. The number of nitrogens with two attached hydrogens (primary N) is 2. The normalized spacial score (nSPS) is 26.7. The molecule has 0 aliphatic carbocycles. The van der Waals surface area contributed by atoms with E-state index < -0.39 is 0 Å². The molecule has 0 radical (unpaired) electrons. The average molecular weight is 227 g/mol. The van der Waals surface area contributed by atoms with Crippen LogP contribution < -0.4 is 11.5 Å². The van der Waals surface area contributed by atoms with Crippen molar-refractivity contribution in [3.63, 3.8) is 0 Å². The van der Waals surface area contributed by atoms with Crippen molar-refractivity contribution < 1.29 is 4.79 Å². The van der Waals surface area contributed by atoms with Crippen LogP contribution in [0.2, 0.25) is 0 Å². The van der Waals surface area contributed by atoms with Crippen molar-refractivity contribution >= 4 is 5.91 Å². The lowest BCUT2D eigenvalue weighted by Crippen LogP contribution is -2.53. The predicted octanol–water partition coefficient (Wildman–Crippen LogP) is 0.556. The van der Waals surface area contributed by atoms with Gasteiger partial charge in [-0.3, -0.25) is 9.69 Å². The summed E-state index contributed by atoms with van der Waals surface area (Å²) in [4.78, 5) is 13.5. The topological polar surface area (TPSA) is 72.3 Å². The van der Waals surface area contributed by atoms with Gasteiger partial charge in [0, 0.05) is 18.6 Å². The fourth-order valence-corrected chi connectivity index (χ4v) is 2.94. The van der Waals surface area contributed by atoms with Gasteiger partial charge in [-0.1, -0.05) is 20.8 Å². The second kappa shape index (κ2) is 4.72. The number of primary amides is 1. The zero-order chi connectivity index (χ0) is 12.5. The number of carbonyl (C=O) groups is 1. The standard InChI is InChI=1S/C12H25N3O/c1-8(13)10(12(2,3)4)15-6-5-9(7-15)11(14)16/h8-10H,5-7,13H2,1-4H3,(H2,14,16). The molecule has 1 fully saturated rings. The zero-order valence-electron chi connectivity index (χ0n) is 10.9. The maximum absolute atomic E-state index is 11.2. The van der Waals surface area contributed by atoms with E-state index >= 15 is 0 Å². The Labute approximate surface area is 98.3 Å². The van der Waals surface area contributed by atoms with Crippen molar-refractivity contribution in [2.75, 3.05) is 13.1 Å². The van der Waals surface area contributed by atoms with E-state index in [2.05, 4.69) is 25.7 Å². The quantitative estimate of drug-likeness (QED) is 0.740. The molecule has 94 valence electrons. The van der Waals surface area contributed by atoms with Gasteiger partial charge in [-0.15, -0.1) is 0 Å². The number of rotatable bonds is 3. The van der Waals surface area contributed by atoms with Crippen LogP contribution in [-0.2, 0) is 4.79 Å². The van der Waals surface area contributed by atoms with Crippen LogP contribution in [-0.4, -0.2) is 36.0 Å². The first kappa shape index (κ1) is 13.5. The van der Waals surface area contributed by atoms with Gasteiger partial charge in [0.05, 0.1) is 5.92 Å². The number of nitrogens with zero attached hydrogens (tertiary/aromatic N) is 1. The molecule has 1 amide bonds. The molecule has 0 aromatic carbocycles. The first-order valence-electron chi connectivity index (χ1n) is 6.02. The fourth-order valence-electron chi connectivity index (χ4n) is 2.94. The Morgan fingerprint density at radius 3 is 2.31 bits per heavy atom. The zero-order valence-corrected chi connectivity index (χ0v) is 10.9. The molecule has 0 saturated carbocycles. The molecule has 1 heterocycles. The molecule has 3 atom stereocenters. The second-order valence-electron chi connectivity index (χ2n) is 6.05. The molecule has 1 aliphatic heterocycles. The first-order chi connectivity index (χ1) is 7.23. The molecule has 0 aromatic rings. The molecule has 1 aliphatic rings. The van der Waals surface area contributed by atoms with Gasteiger partial charge in [0.1, 0.15) is 0 Å². The van der Waals surface area contributed by atoms with Gasteiger partial charge in [-0.2, -0.15) is 0 Å². The minimum atomic E-state index is -0.181. The number of hydrogen-bond donors (Lipinski definition) is 2. The molecular weight excluding hydrogens is 202 g/mol. The third-order valence-electron chi connectivity index (χ3n) is 3.40. The van der Waals surface area contributed by atoms with E-state index in [1.54, 1.807) is 0 Å². The lowest BCUT2D eigenvalue weighted by Gasteiger charge is -2.40. The molecule has 4 heteroatoms. The molecule has 16 heavy (non-hydrogen) atoms. The van der Waals surface area contributed by atoms with Crippen LogP contribution in [0.4, 0.5) is 0 Å². The summed E-state index contributed by atoms with van der Waals surface area (Å²) in [5.41, 5.74) is 11.5. The summed E-state index contributed by atoms with van der Waals surface area (Å²) in [6.07, 6.45) is 0.870. The van der Waals surface area contributed by atoms with Crippen molar-refractivity contribution in [1.29, 1.82) is 0 Å². The number of amides is 1. The summed E-state index contributed by atoms with van der Waals surface area (Å²) in [6, 6.07) is 0.406. The van der Waals surface area contributed by atoms with Crippen LogP contribution in [0.3, 0.4) is 0 Å². The van der Waals surface area contributed by atoms with Gasteiger partial charge >= 0.3 is 0 Å². The van der Waals surface area contributed by atoms with Crippen molar-refractivity contribution in [3.8, 4) is 0 Å². The molecule has 0 bridgehead atoms. The van der Waals surface area contributed by atoms with E-state index in [0.29, 0.717) is 6.04 Å². The van der Waals surface area contributed by atoms with Crippen LogP contribution in [0.15, 0.2) is 0 Å². The highest BCUT2D eigenvalue weighted by Crippen LogP contribution is 2.30. The van der Waals surface area contributed by atoms with Crippen molar-refractivity contribution in [3.05, 3.63) is 0 Å². The van der Waals surface area contributed by atoms with Crippen LogP contribution >= 0.6 is 0 Å². The smallest absolute Gasteiger partial charge is 0.221 e. The summed E-state index contributed by atoms with van der Waals surface area (Å²) in [5, 5.41) is 0. The Morgan fingerprint density at radius 2 is 2.00 bits per heavy atom. The highest BCUT2D eigenvalue weighted by atomic mass is 16.1. The van der Waals surface area contributed by atoms with Crippen molar-refractivity contribution in [1.82, 2.24) is 4.90 Å². The monoisotopic (exact) mass is 227 g/mol. The van der Waals surface area contributed by atoms with Crippen LogP contribution in [0.1, 0.15) is 34.1 Å². The Balaban J connectivity index is 2.72. The van der Waals surface area contributed by atoms with E-state index in [9.17, 15) is 4.79 Å². The van der Waals surface area contributed by atoms with Crippen LogP contribution in [0.25, 0.3) is 0 Å². The van der Waals surface area contributed by atoms with Crippen LogP contribution in [0.5, 0.6) is 0 Å². The van der Waals surface area contributed by atoms with E-state index in [0.717, 1.165) is 19.5 Å². The Morgan fingerprint density at radius 1 is 1.44 bits per heavy atom. The molecule has 3 unspecified atom stereocenters. The van der Waals surface area contributed by atoms with Gasteiger partial charge in [0.25, 0.3) is 0 Å². The molecule has 1 rings (SSSR count). The van der Waals surface area contributed by atoms with Gasteiger partial charge in [-0.25, -0.2) is 0 Å². The summed E-state index contributed by atoms with van der Waals surface area (Å²) in [5.74, 6) is -0.177. The van der Waals surface area contributed by atoms with Gasteiger partial charge < -0.3 is 11.5 Å². The summed E-state index contributed by atoms with van der Waals surface area (Å²) in [6.45, 7) is 10.3. The summed E-state index contributed by atoms with van der Waals surface area (Å²) < 4.78 is 0. The number of likely N-dealkylation sites (tertiary alicyclic amines) is 1. The van der Waals surface area contributed by atoms with E-state index in [-0.39, 0.29) is 23.3 Å². The number of hydrogen-bond acceptors (Lipinski definition) is 3. The minimum Gasteiger partial charge on any atom is -0.369 e. The molecule has 4 nitrogen and oxygen atoms in total. The Hall–Kier alpha value is -0.610. The largest absolute Gasteiger partial charge is 0.369 e. The Kier molecular flexibility index (Phi) is 3.97. The minimum absolute atomic E-state index is 0.00333.